The van der Waals surface area contributed by atoms with Gasteiger partial charge in [-0.15, -0.1) is 0 Å². The Morgan fingerprint density at radius 1 is 1.03 bits per heavy atom. The van der Waals surface area contributed by atoms with Crippen LogP contribution in [0.15, 0.2) is 77.5 Å². The van der Waals surface area contributed by atoms with Crippen molar-refractivity contribution >= 4 is 22.6 Å². The van der Waals surface area contributed by atoms with Crippen molar-refractivity contribution in [3.8, 4) is 0 Å². The van der Waals surface area contributed by atoms with E-state index in [1.54, 1.807) is 6.20 Å². The molecule has 1 amide bonds. The van der Waals surface area contributed by atoms with Gasteiger partial charge in [-0.05, 0) is 42.8 Å². The number of nitrogens with zero attached hydrogens (tertiary/aromatic N) is 2. The van der Waals surface area contributed by atoms with Gasteiger partial charge < -0.3 is 14.5 Å². The van der Waals surface area contributed by atoms with E-state index in [2.05, 4.69) is 15.2 Å². The second-order valence-electron chi connectivity index (χ2n) is 7.99. The highest BCUT2D eigenvalue weighted by Crippen LogP contribution is 2.40. The number of carbonyl (C=O) groups is 1. The standard InChI is InChI=1S/C26H25N3O3/c1-18-8-10-19(11-9-18)26(30)28-23-21-6-2-3-7-22(21)32-25(23)24(20-5-4-12-27-17-20)29-13-15-31-16-14-29/h2-12,17,24H,13-16H2,1H3,(H,28,30)/t24-/m0/s1. The topological polar surface area (TPSA) is 67.6 Å². The zero-order chi connectivity index (χ0) is 21.9. The Morgan fingerprint density at radius 2 is 1.81 bits per heavy atom. The van der Waals surface area contributed by atoms with Gasteiger partial charge in [0.15, 0.2) is 5.76 Å². The molecule has 1 atom stereocenters. The van der Waals surface area contributed by atoms with Gasteiger partial charge in [0.25, 0.3) is 5.91 Å². The second-order valence-corrected chi connectivity index (χ2v) is 7.99. The normalized spacial score (nSPS) is 15.5. The maximum absolute atomic E-state index is 13.2. The fourth-order valence-electron chi connectivity index (χ4n) is 4.18. The van der Waals surface area contributed by atoms with Gasteiger partial charge in [0.2, 0.25) is 0 Å². The van der Waals surface area contributed by atoms with Crippen molar-refractivity contribution < 1.29 is 13.9 Å². The molecule has 0 radical (unpaired) electrons. The molecule has 0 aliphatic carbocycles. The summed E-state index contributed by atoms with van der Waals surface area (Å²) < 4.78 is 12.0. The van der Waals surface area contributed by atoms with E-state index in [-0.39, 0.29) is 11.9 Å². The van der Waals surface area contributed by atoms with Crippen LogP contribution < -0.4 is 5.32 Å². The van der Waals surface area contributed by atoms with Crippen molar-refractivity contribution in [2.24, 2.45) is 0 Å². The molecule has 32 heavy (non-hydrogen) atoms. The monoisotopic (exact) mass is 427 g/mol. The number of hydrogen-bond donors (Lipinski definition) is 1. The number of amides is 1. The number of carbonyl (C=O) groups excluding carboxylic acids is 1. The first-order chi connectivity index (χ1) is 15.7. The quantitative estimate of drug-likeness (QED) is 0.495. The number of rotatable bonds is 5. The lowest BCUT2D eigenvalue weighted by Crippen LogP contribution is -2.39. The third kappa shape index (κ3) is 4.02. The van der Waals surface area contributed by atoms with Crippen molar-refractivity contribution in [2.75, 3.05) is 31.6 Å². The number of pyridine rings is 1. The number of morpholine rings is 1. The van der Waals surface area contributed by atoms with Crippen molar-refractivity contribution in [3.05, 3.63) is 95.5 Å². The maximum Gasteiger partial charge on any atom is 0.255 e. The molecule has 0 unspecified atom stereocenters. The van der Waals surface area contributed by atoms with Gasteiger partial charge in [0.1, 0.15) is 5.58 Å². The number of aromatic nitrogens is 1. The van der Waals surface area contributed by atoms with Gasteiger partial charge in [-0.3, -0.25) is 14.7 Å². The van der Waals surface area contributed by atoms with Crippen LogP contribution in [-0.4, -0.2) is 42.1 Å². The number of furan rings is 1. The van der Waals surface area contributed by atoms with Crippen LogP contribution in [0.5, 0.6) is 0 Å². The predicted molar refractivity (Wildman–Crippen MR) is 124 cm³/mol. The summed E-state index contributed by atoms with van der Waals surface area (Å²) in [5, 5.41) is 4.03. The molecule has 4 aromatic rings. The third-order valence-electron chi connectivity index (χ3n) is 5.83. The van der Waals surface area contributed by atoms with Crippen molar-refractivity contribution in [1.82, 2.24) is 9.88 Å². The molecule has 2 aromatic carbocycles. The summed E-state index contributed by atoms with van der Waals surface area (Å²) in [6, 6.07) is 19.2. The second kappa shape index (κ2) is 8.94. The van der Waals surface area contributed by atoms with Crippen molar-refractivity contribution in [3.63, 3.8) is 0 Å². The molecule has 3 heterocycles. The van der Waals surface area contributed by atoms with E-state index in [0.29, 0.717) is 30.2 Å². The minimum atomic E-state index is -0.187. The lowest BCUT2D eigenvalue weighted by Gasteiger charge is -2.33. The molecule has 6 nitrogen and oxygen atoms in total. The molecule has 5 rings (SSSR count). The minimum Gasteiger partial charge on any atom is -0.457 e. The summed E-state index contributed by atoms with van der Waals surface area (Å²) in [6.07, 6.45) is 3.62. The number of fused-ring (bicyclic) bond motifs is 1. The van der Waals surface area contributed by atoms with Gasteiger partial charge in [-0.1, -0.05) is 35.9 Å². The van der Waals surface area contributed by atoms with E-state index >= 15 is 0 Å². The lowest BCUT2D eigenvalue weighted by molar-refractivity contribution is 0.0205. The van der Waals surface area contributed by atoms with E-state index in [1.807, 2.05) is 73.8 Å². The Morgan fingerprint density at radius 3 is 2.56 bits per heavy atom. The molecule has 1 aliphatic rings. The first-order valence-corrected chi connectivity index (χ1v) is 10.8. The van der Waals surface area contributed by atoms with Crippen molar-refractivity contribution in [1.29, 1.82) is 0 Å². The van der Waals surface area contributed by atoms with Gasteiger partial charge in [0.05, 0.1) is 24.9 Å². The van der Waals surface area contributed by atoms with Gasteiger partial charge in [-0.2, -0.15) is 0 Å². The maximum atomic E-state index is 13.2. The molecule has 1 N–H and O–H groups in total. The highest BCUT2D eigenvalue weighted by atomic mass is 16.5. The molecule has 1 fully saturated rings. The SMILES string of the molecule is Cc1ccc(C(=O)Nc2c([C@H](c3cccnc3)N3CCOCC3)oc3ccccc23)cc1. The van der Waals surface area contributed by atoms with E-state index in [0.717, 1.165) is 35.2 Å². The van der Waals surface area contributed by atoms with E-state index in [1.165, 1.54) is 0 Å². The van der Waals surface area contributed by atoms with Crippen LogP contribution in [0, 0.1) is 6.92 Å². The lowest BCUT2D eigenvalue weighted by atomic mass is 10.0. The number of ether oxygens (including phenoxy) is 1. The molecular weight excluding hydrogens is 402 g/mol. The Kier molecular flexibility index (Phi) is 5.71. The van der Waals surface area contributed by atoms with Crippen LogP contribution >= 0.6 is 0 Å². The minimum absolute atomic E-state index is 0.162. The zero-order valence-electron chi connectivity index (χ0n) is 18.0. The van der Waals surface area contributed by atoms with Gasteiger partial charge in [-0.25, -0.2) is 0 Å². The Labute approximate surface area is 186 Å². The van der Waals surface area contributed by atoms with E-state index in [4.69, 9.17) is 9.15 Å². The first-order valence-electron chi connectivity index (χ1n) is 10.8. The largest absolute Gasteiger partial charge is 0.457 e. The highest BCUT2D eigenvalue weighted by Gasteiger charge is 2.31. The molecule has 2 aromatic heterocycles. The van der Waals surface area contributed by atoms with Gasteiger partial charge in [0, 0.05) is 36.4 Å². The van der Waals surface area contributed by atoms with Crippen molar-refractivity contribution in [2.45, 2.75) is 13.0 Å². The summed E-state index contributed by atoms with van der Waals surface area (Å²) in [4.78, 5) is 19.8. The predicted octanol–water partition coefficient (Wildman–Crippen LogP) is 4.81. The average molecular weight is 428 g/mol. The molecule has 6 heteroatoms. The Bertz CT molecular complexity index is 1210. The number of hydrogen-bond acceptors (Lipinski definition) is 5. The Balaban J connectivity index is 1.61. The number of aryl methyl sites for hydroxylation is 1. The summed E-state index contributed by atoms with van der Waals surface area (Å²) in [5.74, 6) is 0.547. The van der Waals surface area contributed by atoms with E-state index in [9.17, 15) is 4.79 Å². The van der Waals surface area contributed by atoms with E-state index < -0.39 is 0 Å². The van der Waals surface area contributed by atoms with Crippen LogP contribution in [0.1, 0.15) is 33.3 Å². The number of nitrogens with one attached hydrogen (secondary N) is 1. The third-order valence-corrected chi connectivity index (χ3v) is 5.83. The fourth-order valence-corrected chi connectivity index (χ4v) is 4.18. The summed E-state index contributed by atoms with van der Waals surface area (Å²) in [5.41, 5.74) is 4.17. The molecule has 1 aliphatic heterocycles. The molecule has 0 spiro atoms. The van der Waals surface area contributed by atoms with Crippen LogP contribution in [0.3, 0.4) is 0 Å². The molecular formula is C26H25N3O3. The number of para-hydroxylation sites is 1. The molecule has 162 valence electrons. The summed E-state index contributed by atoms with van der Waals surface area (Å²) >= 11 is 0. The summed E-state index contributed by atoms with van der Waals surface area (Å²) in [7, 11) is 0. The van der Waals surface area contributed by atoms with Crippen LogP contribution in [0.4, 0.5) is 5.69 Å². The zero-order valence-corrected chi connectivity index (χ0v) is 18.0. The van der Waals surface area contributed by atoms with Crippen LogP contribution in [0.25, 0.3) is 11.0 Å². The number of anilines is 1. The molecule has 0 bridgehead atoms. The molecule has 1 saturated heterocycles. The fraction of sp³-hybridized carbons (Fsp3) is 0.231. The molecule has 0 saturated carbocycles. The average Bonchev–Trinajstić information content (AvgIpc) is 3.19. The highest BCUT2D eigenvalue weighted by molar-refractivity contribution is 6.09. The Hall–Kier alpha value is -3.48. The van der Waals surface area contributed by atoms with Gasteiger partial charge >= 0.3 is 0 Å². The first kappa shape index (κ1) is 20.4. The summed E-state index contributed by atoms with van der Waals surface area (Å²) in [6.45, 7) is 4.85. The smallest absolute Gasteiger partial charge is 0.255 e. The number of benzene rings is 2. The van der Waals surface area contributed by atoms with Crippen LogP contribution in [-0.2, 0) is 4.74 Å². The van der Waals surface area contributed by atoms with Crippen LogP contribution in [0.2, 0.25) is 0 Å².